The van der Waals surface area contributed by atoms with Crippen LogP contribution < -0.4 is 5.32 Å². The molecule has 0 saturated carbocycles. The Morgan fingerprint density at radius 2 is 1.73 bits per heavy atom. The Labute approximate surface area is 131 Å². The fourth-order valence-corrected chi connectivity index (χ4v) is 3.87. The second-order valence-electron chi connectivity index (χ2n) is 7.67. The minimum Gasteiger partial charge on any atom is -0.325 e. The molecular weight excluding hydrogens is 270 g/mol. The van der Waals surface area contributed by atoms with E-state index in [1.54, 1.807) is 0 Å². The number of carbonyl (C=O) groups excluding carboxylic acids is 1. The van der Waals surface area contributed by atoms with Crippen LogP contribution in [0.2, 0.25) is 0 Å². The Kier molecular flexibility index (Phi) is 2.60. The van der Waals surface area contributed by atoms with E-state index < -0.39 is 5.41 Å². The van der Waals surface area contributed by atoms with Crippen molar-refractivity contribution in [3.8, 4) is 0 Å². The first-order valence-corrected chi connectivity index (χ1v) is 7.93. The maximum Gasteiger partial charge on any atom is 0.235 e. The van der Waals surface area contributed by atoms with E-state index in [2.05, 4.69) is 50.4 Å². The minimum absolute atomic E-state index is 0.140. The summed E-state index contributed by atoms with van der Waals surface area (Å²) in [5.41, 5.74) is 5.88. The Bertz CT molecular complexity index is 785. The molecule has 2 heteroatoms. The second-order valence-corrected chi connectivity index (χ2v) is 7.67. The lowest BCUT2D eigenvalue weighted by Crippen LogP contribution is -2.35. The molecule has 2 aromatic rings. The largest absolute Gasteiger partial charge is 0.325 e. The monoisotopic (exact) mass is 291 g/mol. The van der Waals surface area contributed by atoms with Gasteiger partial charge in [-0.3, -0.25) is 4.79 Å². The zero-order chi connectivity index (χ0) is 15.5. The highest BCUT2D eigenvalue weighted by Gasteiger charge is 2.50. The standard InChI is InChI=1S/C20H21NO/c1-19(2,3)15-9-8-13-11-20(12-14(13)10-15)16-6-4-5-7-17(16)21-18(20)22/h4-10H,11-12H2,1-3H3,(H,21,22). The van der Waals surface area contributed by atoms with Crippen molar-refractivity contribution in [2.45, 2.75) is 44.4 Å². The second kappa shape index (κ2) is 4.22. The Morgan fingerprint density at radius 1 is 1.00 bits per heavy atom. The molecule has 1 spiro atoms. The van der Waals surface area contributed by atoms with Gasteiger partial charge in [-0.05, 0) is 46.6 Å². The average Bonchev–Trinajstić information content (AvgIpc) is 2.97. The number of carbonyl (C=O) groups is 1. The molecular formula is C20H21NO. The summed E-state index contributed by atoms with van der Waals surface area (Å²) in [5.74, 6) is 0.155. The van der Waals surface area contributed by atoms with Crippen LogP contribution in [0.1, 0.15) is 43.0 Å². The van der Waals surface area contributed by atoms with Gasteiger partial charge in [-0.1, -0.05) is 57.2 Å². The first-order chi connectivity index (χ1) is 10.4. The number of benzene rings is 2. The summed E-state index contributed by atoms with van der Waals surface area (Å²) in [6.07, 6.45) is 1.63. The molecule has 0 aromatic heterocycles. The number of para-hydroxylation sites is 1. The summed E-state index contributed by atoms with van der Waals surface area (Å²) < 4.78 is 0. The molecule has 0 radical (unpaired) electrons. The number of rotatable bonds is 0. The predicted molar refractivity (Wildman–Crippen MR) is 89.3 cm³/mol. The van der Waals surface area contributed by atoms with Gasteiger partial charge in [-0.25, -0.2) is 0 Å². The molecule has 1 aliphatic heterocycles. The van der Waals surface area contributed by atoms with Crippen molar-refractivity contribution in [3.63, 3.8) is 0 Å². The third kappa shape index (κ3) is 1.76. The van der Waals surface area contributed by atoms with Crippen molar-refractivity contribution in [1.29, 1.82) is 0 Å². The molecule has 0 saturated heterocycles. The molecule has 1 atom stereocenters. The third-order valence-electron chi connectivity index (χ3n) is 5.18. The lowest BCUT2D eigenvalue weighted by Gasteiger charge is -2.21. The van der Waals surface area contributed by atoms with Gasteiger partial charge in [0, 0.05) is 5.69 Å². The van der Waals surface area contributed by atoms with E-state index in [-0.39, 0.29) is 11.3 Å². The molecule has 1 heterocycles. The van der Waals surface area contributed by atoms with Crippen LogP contribution >= 0.6 is 0 Å². The molecule has 112 valence electrons. The topological polar surface area (TPSA) is 29.1 Å². The molecule has 1 unspecified atom stereocenters. The van der Waals surface area contributed by atoms with Crippen molar-refractivity contribution in [1.82, 2.24) is 0 Å². The zero-order valence-electron chi connectivity index (χ0n) is 13.4. The SMILES string of the molecule is CC(C)(C)c1ccc2c(c1)CC1(C2)C(=O)Nc2ccccc21. The number of fused-ring (bicyclic) bond motifs is 3. The molecule has 2 nitrogen and oxygen atoms in total. The van der Waals surface area contributed by atoms with E-state index in [0.717, 1.165) is 24.1 Å². The zero-order valence-corrected chi connectivity index (χ0v) is 13.4. The summed E-state index contributed by atoms with van der Waals surface area (Å²) in [6.45, 7) is 6.70. The number of anilines is 1. The highest BCUT2D eigenvalue weighted by atomic mass is 16.2. The minimum atomic E-state index is -0.393. The van der Waals surface area contributed by atoms with E-state index in [0.29, 0.717) is 0 Å². The van der Waals surface area contributed by atoms with E-state index in [1.165, 1.54) is 16.7 Å². The maximum atomic E-state index is 12.7. The van der Waals surface area contributed by atoms with Crippen LogP contribution in [0.25, 0.3) is 0 Å². The van der Waals surface area contributed by atoms with Gasteiger partial charge in [-0.15, -0.1) is 0 Å². The lowest BCUT2D eigenvalue weighted by molar-refractivity contribution is -0.120. The summed E-state index contributed by atoms with van der Waals surface area (Å²) in [5, 5.41) is 3.07. The molecule has 1 aliphatic carbocycles. The van der Waals surface area contributed by atoms with E-state index in [9.17, 15) is 4.79 Å². The summed E-state index contributed by atoms with van der Waals surface area (Å²) in [6, 6.07) is 14.9. The number of hydrogen-bond acceptors (Lipinski definition) is 1. The van der Waals surface area contributed by atoms with Crippen LogP contribution in [0.4, 0.5) is 5.69 Å². The van der Waals surface area contributed by atoms with Crippen molar-refractivity contribution >= 4 is 11.6 Å². The molecule has 0 bridgehead atoms. The highest BCUT2D eigenvalue weighted by molar-refractivity contribution is 6.07. The Balaban J connectivity index is 1.81. The van der Waals surface area contributed by atoms with Crippen LogP contribution in [-0.2, 0) is 28.5 Å². The van der Waals surface area contributed by atoms with Gasteiger partial charge in [0.25, 0.3) is 0 Å². The molecule has 2 aliphatic rings. The average molecular weight is 291 g/mol. The van der Waals surface area contributed by atoms with Gasteiger partial charge in [0.15, 0.2) is 0 Å². The molecule has 22 heavy (non-hydrogen) atoms. The molecule has 1 N–H and O–H groups in total. The first-order valence-electron chi connectivity index (χ1n) is 7.93. The summed E-state index contributed by atoms with van der Waals surface area (Å²) >= 11 is 0. The molecule has 0 fully saturated rings. The number of amides is 1. The van der Waals surface area contributed by atoms with Crippen LogP contribution in [0, 0.1) is 0 Å². The van der Waals surface area contributed by atoms with E-state index in [1.807, 2.05) is 18.2 Å². The maximum absolute atomic E-state index is 12.7. The molecule has 4 rings (SSSR count). The predicted octanol–water partition coefficient (Wildman–Crippen LogP) is 3.97. The van der Waals surface area contributed by atoms with Gasteiger partial charge in [0.2, 0.25) is 5.91 Å². The van der Waals surface area contributed by atoms with Crippen LogP contribution in [-0.4, -0.2) is 5.91 Å². The quantitative estimate of drug-likeness (QED) is 0.781. The van der Waals surface area contributed by atoms with Gasteiger partial charge < -0.3 is 5.32 Å². The fraction of sp³-hybridized carbons (Fsp3) is 0.350. The van der Waals surface area contributed by atoms with Gasteiger partial charge in [-0.2, -0.15) is 0 Å². The van der Waals surface area contributed by atoms with Crippen molar-refractivity contribution in [3.05, 3.63) is 64.7 Å². The summed E-state index contributed by atoms with van der Waals surface area (Å²) in [4.78, 5) is 12.7. The van der Waals surface area contributed by atoms with Crippen LogP contribution in [0.5, 0.6) is 0 Å². The van der Waals surface area contributed by atoms with E-state index in [4.69, 9.17) is 0 Å². The Morgan fingerprint density at radius 3 is 2.50 bits per heavy atom. The number of hydrogen-bond donors (Lipinski definition) is 1. The number of nitrogens with one attached hydrogen (secondary N) is 1. The van der Waals surface area contributed by atoms with Crippen LogP contribution in [0.3, 0.4) is 0 Å². The third-order valence-corrected chi connectivity index (χ3v) is 5.18. The van der Waals surface area contributed by atoms with E-state index >= 15 is 0 Å². The van der Waals surface area contributed by atoms with Gasteiger partial charge in [0.05, 0.1) is 5.41 Å². The fourth-order valence-electron chi connectivity index (χ4n) is 3.87. The normalized spacial score (nSPS) is 22.6. The van der Waals surface area contributed by atoms with Crippen molar-refractivity contribution in [2.75, 3.05) is 5.32 Å². The highest BCUT2D eigenvalue weighted by Crippen LogP contribution is 2.47. The van der Waals surface area contributed by atoms with Gasteiger partial charge >= 0.3 is 0 Å². The summed E-state index contributed by atoms with van der Waals surface area (Å²) in [7, 11) is 0. The van der Waals surface area contributed by atoms with Crippen molar-refractivity contribution in [2.24, 2.45) is 0 Å². The van der Waals surface area contributed by atoms with Gasteiger partial charge in [0.1, 0.15) is 0 Å². The Hall–Kier alpha value is -2.09. The molecule has 1 amide bonds. The van der Waals surface area contributed by atoms with Crippen LogP contribution in [0.15, 0.2) is 42.5 Å². The lowest BCUT2D eigenvalue weighted by atomic mass is 9.79. The molecule has 2 aromatic carbocycles. The smallest absolute Gasteiger partial charge is 0.235 e. The van der Waals surface area contributed by atoms with Crippen molar-refractivity contribution < 1.29 is 4.79 Å². The first kappa shape index (κ1) is 13.6.